The van der Waals surface area contributed by atoms with Crippen molar-refractivity contribution < 1.29 is 22.4 Å². The Morgan fingerprint density at radius 3 is 2.50 bits per heavy atom. The first-order chi connectivity index (χ1) is 16.2. The molecule has 2 aromatic heterocycles. The minimum Gasteiger partial charge on any atom is -0.339 e. The minimum atomic E-state index is -4.88. The number of hydrogen-bond acceptors (Lipinski definition) is 5. The van der Waals surface area contributed by atoms with Crippen molar-refractivity contribution in [3.8, 4) is 11.3 Å². The molecule has 0 saturated carbocycles. The summed E-state index contributed by atoms with van der Waals surface area (Å²) in [5, 5.41) is 5.38. The van der Waals surface area contributed by atoms with Crippen LogP contribution in [0.1, 0.15) is 21.5 Å². The molecule has 2 aromatic carbocycles. The Labute approximate surface area is 191 Å². The summed E-state index contributed by atoms with van der Waals surface area (Å²) < 4.78 is 53.2. The number of amides is 1. The smallest absolute Gasteiger partial charge is 0.339 e. The van der Waals surface area contributed by atoms with Crippen LogP contribution in [0.2, 0.25) is 0 Å². The van der Waals surface area contributed by atoms with Crippen molar-refractivity contribution in [3.05, 3.63) is 95.8 Å². The van der Waals surface area contributed by atoms with Gasteiger partial charge in [0.15, 0.2) is 5.82 Å². The highest BCUT2D eigenvalue weighted by Gasteiger charge is 2.35. The van der Waals surface area contributed by atoms with E-state index in [4.69, 9.17) is 0 Å². The van der Waals surface area contributed by atoms with Crippen LogP contribution >= 0.6 is 0 Å². The summed E-state index contributed by atoms with van der Waals surface area (Å²) in [4.78, 5) is 25.2. The van der Waals surface area contributed by atoms with Gasteiger partial charge < -0.3 is 10.6 Å². The first kappa shape index (κ1) is 22.8. The first-order valence-electron chi connectivity index (χ1n) is 10.00. The molecule has 10 heteroatoms. The third-order valence-corrected chi connectivity index (χ3v) is 4.97. The monoisotopic (exact) mass is 467 g/mol. The lowest BCUT2D eigenvalue weighted by molar-refractivity contribution is -0.139. The van der Waals surface area contributed by atoms with Gasteiger partial charge in [0.1, 0.15) is 12.1 Å². The van der Waals surface area contributed by atoms with Gasteiger partial charge >= 0.3 is 6.18 Å². The second kappa shape index (κ2) is 9.26. The maximum Gasteiger partial charge on any atom is 0.419 e. The third kappa shape index (κ3) is 4.85. The van der Waals surface area contributed by atoms with E-state index in [1.807, 2.05) is 13.0 Å². The zero-order valence-corrected chi connectivity index (χ0v) is 17.7. The lowest BCUT2D eigenvalue weighted by Gasteiger charge is -2.15. The Hall–Kier alpha value is -4.34. The largest absolute Gasteiger partial charge is 0.419 e. The number of nitrogens with one attached hydrogen (secondary N) is 2. The third-order valence-electron chi connectivity index (χ3n) is 4.97. The van der Waals surface area contributed by atoms with Crippen LogP contribution in [-0.4, -0.2) is 20.9 Å². The molecule has 0 unspecified atom stereocenters. The van der Waals surface area contributed by atoms with Crippen molar-refractivity contribution in [3.63, 3.8) is 0 Å². The number of benzene rings is 2. The van der Waals surface area contributed by atoms with Gasteiger partial charge in [0.2, 0.25) is 0 Å². The molecule has 1 amide bonds. The summed E-state index contributed by atoms with van der Waals surface area (Å²) in [7, 11) is 0. The number of aryl methyl sites for hydroxylation is 1. The summed E-state index contributed by atoms with van der Waals surface area (Å²) in [5.41, 5.74) is 0.744. The lowest BCUT2D eigenvalue weighted by atomic mass is 10.1. The molecule has 0 saturated heterocycles. The number of nitrogens with zero attached hydrogens (tertiary/aromatic N) is 3. The van der Waals surface area contributed by atoms with E-state index >= 15 is 0 Å². The Bertz CT molecular complexity index is 1340. The van der Waals surface area contributed by atoms with Crippen LogP contribution in [-0.2, 0) is 6.18 Å². The van der Waals surface area contributed by atoms with Gasteiger partial charge in [0.25, 0.3) is 5.91 Å². The quantitative estimate of drug-likeness (QED) is 0.352. The van der Waals surface area contributed by atoms with E-state index in [1.54, 1.807) is 30.6 Å². The highest BCUT2D eigenvalue weighted by molar-refractivity contribution is 6.05. The van der Waals surface area contributed by atoms with Crippen molar-refractivity contribution in [2.75, 3.05) is 10.6 Å². The first-order valence-corrected chi connectivity index (χ1v) is 10.00. The van der Waals surface area contributed by atoms with Crippen molar-refractivity contribution >= 4 is 23.1 Å². The summed E-state index contributed by atoms with van der Waals surface area (Å²) >= 11 is 0. The maximum atomic E-state index is 14.3. The van der Waals surface area contributed by atoms with E-state index in [-0.39, 0.29) is 5.56 Å². The van der Waals surface area contributed by atoms with Crippen LogP contribution in [0.3, 0.4) is 0 Å². The van der Waals surface area contributed by atoms with E-state index in [2.05, 4.69) is 25.6 Å². The summed E-state index contributed by atoms with van der Waals surface area (Å²) in [6.07, 6.45) is -0.275. The number of carbonyl (C=O) groups is 1. The Morgan fingerprint density at radius 2 is 1.76 bits per heavy atom. The number of rotatable bonds is 5. The standard InChI is InChI=1S/C24H17F4N5O/c1-14-7-8-15(23(34)33-19-6-2-5-17(21(19)25)24(26,27)28)12-20(14)32-22-16(4-3-10-30-22)18-9-11-29-13-31-18/h2-13H,1H3,(H,30,32)(H,33,34). The second-order valence-corrected chi connectivity index (χ2v) is 7.27. The van der Waals surface area contributed by atoms with E-state index in [9.17, 15) is 22.4 Å². The molecular formula is C24H17F4N5O. The van der Waals surface area contributed by atoms with Crippen LogP contribution in [0, 0.1) is 12.7 Å². The van der Waals surface area contributed by atoms with Crippen molar-refractivity contribution in [2.24, 2.45) is 0 Å². The van der Waals surface area contributed by atoms with Gasteiger partial charge in [-0.05, 0) is 55.0 Å². The lowest BCUT2D eigenvalue weighted by Crippen LogP contribution is -2.16. The molecule has 0 spiro atoms. The van der Waals surface area contributed by atoms with Crippen LogP contribution in [0.15, 0.2) is 73.3 Å². The molecule has 2 N–H and O–H groups in total. The predicted octanol–water partition coefficient (Wildman–Crippen LogP) is 6.00. The van der Waals surface area contributed by atoms with Gasteiger partial charge in [0, 0.05) is 29.2 Å². The molecule has 34 heavy (non-hydrogen) atoms. The molecule has 0 atom stereocenters. The van der Waals surface area contributed by atoms with E-state index in [0.29, 0.717) is 28.8 Å². The fourth-order valence-corrected chi connectivity index (χ4v) is 3.23. The van der Waals surface area contributed by atoms with Gasteiger partial charge in [0.05, 0.1) is 16.9 Å². The van der Waals surface area contributed by atoms with Crippen LogP contribution < -0.4 is 10.6 Å². The number of aromatic nitrogens is 3. The fraction of sp³-hybridized carbons (Fsp3) is 0.0833. The van der Waals surface area contributed by atoms with E-state index in [0.717, 1.165) is 17.7 Å². The van der Waals surface area contributed by atoms with Gasteiger partial charge in [-0.1, -0.05) is 12.1 Å². The highest BCUT2D eigenvalue weighted by atomic mass is 19.4. The molecule has 0 aliphatic rings. The zero-order chi connectivity index (χ0) is 24.3. The molecular weight excluding hydrogens is 450 g/mol. The molecule has 0 radical (unpaired) electrons. The molecule has 2 heterocycles. The van der Waals surface area contributed by atoms with Crippen LogP contribution in [0.4, 0.5) is 34.8 Å². The highest BCUT2D eigenvalue weighted by Crippen LogP contribution is 2.34. The number of pyridine rings is 1. The topological polar surface area (TPSA) is 79.8 Å². The van der Waals surface area contributed by atoms with Crippen LogP contribution in [0.5, 0.6) is 0 Å². The molecule has 0 aliphatic carbocycles. The SMILES string of the molecule is Cc1ccc(C(=O)Nc2cccc(C(F)(F)F)c2F)cc1Nc1ncccc1-c1ccncn1. The van der Waals surface area contributed by atoms with Gasteiger partial charge in [-0.25, -0.2) is 19.3 Å². The van der Waals surface area contributed by atoms with Crippen molar-refractivity contribution in [1.82, 2.24) is 15.0 Å². The minimum absolute atomic E-state index is 0.115. The maximum absolute atomic E-state index is 14.3. The second-order valence-electron chi connectivity index (χ2n) is 7.27. The average molecular weight is 467 g/mol. The van der Waals surface area contributed by atoms with Gasteiger partial charge in [-0.2, -0.15) is 13.2 Å². The number of carbonyl (C=O) groups excluding carboxylic acids is 1. The molecule has 172 valence electrons. The van der Waals surface area contributed by atoms with E-state index in [1.165, 1.54) is 18.5 Å². The fourth-order valence-electron chi connectivity index (χ4n) is 3.23. The Balaban J connectivity index is 1.62. The van der Waals surface area contributed by atoms with Crippen molar-refractivity contribution in [1.29, 1.82) is 0 Å². The summed E-state index contributed by atoms with van der Waals surface area (Å²) in [5.74, 6) is -1.83. The molecule has 0 fully saturated rings. The van der Waals surface area contributed by atoms with E-state index < -0.39 is 29.2 Å². The Morgan fingerprint density at radius 1 is 0.941 bits per heavy atom. The van der Waals surface area contributed by atoms with Crippen LogP contribution in [0.25, 0.3) is 11.3 Å². The van der Waals surface area contributed by atoms with Gasteiger partial charge in [-0.3, -0.25) is 4.79 Å². The normalized spacial score (nSPS) is 11.2. The average Bonchev–Trinajstić information content (AvgIpc) is 2.82. The molecule has 0 aliphatic heterocycles. The molecule has 0 bridgehead atoms. The number of anilines is 3. The summed E-state index contributed by atoms with van der Waals surface area (Å²) in [6, 6.07) is 12.7. The number of halogens is 4. The Kier molecular flexibility index (Phi) is 6.22. The molecule has 4 aromatic rings. The molecule has 4 rings (SSSR count). The predicted molar refractivity (Wildman–Crippen MR) is 119 cm³/mol. The van der Waals surface area contributed by atoms with Gasteiger partial charge in [-0.15, -0.1) is 0 Å². The number of alkyl halides is 3. The summed E-state index contributed by atoms with van der Waals surface area (Å²) in [6.45, 7) is 1.81. The number of hydrogen-bond donors (Lipinski definition) is 2. The van der Waals surface area contributed by atoms with Crippen molar-refractivity contribution in [2.45, 2.75) is 13.1 Å². The molecule has 6 nitrogen and oxygen atoms in total. The zero-order valence-electron chi connectivity index (χ0n) is 17.7.